The molecule has 1 aromatic carbocycles. The normalized spacial score (nSPS) is 20.1. The standard InChI is InChI=1S/C9H14N4.C2H6/c1-13-6-7-4-2-3-5-8(7)9(11-10)12-13;1-2/h2-5,9,11-12H,6,10H2,1H3;1-2H3. The molecule has 84 valence electrons. The maximum absolute atomic E-state index is 5.44. The third-order valence-electron chi connectivity index (χ3n) is 2.29. The van der Waals surface area contributed by atoms with Crippen LogP contribution >= 0.6 is 0 Å². The van der Waals surface area contributed by atoms with Crippen molar-refractivity contribution in [2.24, 2.45) is 5.84 Å². The predicted molar refractivity (Wildman–Crippen MR) is 62.5 cm³/mol. The molecule has 1 aromatic rings. The number of fused-ring (bicyclic) bond motifs is 1. The van der Waals surface area contributed by atoms with E-state index in [4.69, 9.17) is 5.84 Å². The maximum atomic E-state index is 5.44. The van der Waals surface area contributed by atoms with Gasteiger partial charge >= 0.3 is 0 Å². The molecule has 0 aliphatic carbocycles. The van der Waals surface area contributed by atoms with E-state index in [0.29, 0.717) is 0 Å². The number of nitrogens with one attached hydrogen (secondary N) is 2. The molecule has 1 unspecified atom stereocenters. The third-order valence-corrected chi connectivity index (χ3v) is 2.29. The van der Waals surface area contributed by atoms with Gasteiger partial charge in [0, 0.05) is 13.6 Å². The first-order valence-electron chi connectivity index (χ1n) is 5.32. The van der Waals surface area contributed by atoms with Gasteiger partial charge in [-0.1, -0.05) is 38.1 Å². The second-order valence-corrected chi connectivity index (χ2v) is 3.28. The van der Waals surface area contributed by atoms with E-state index < -0.39 is 0 Å². The Hall–Kier alpha value is -0.940. The van der Waals surface area contributed by atoms with Crippen molar-refractivity contribution >= 4 is 0 Å². The van der Waals surface area contributed by atoms with Crippen LogP contribution in [0.2, 0.25) is 0 Å². The Labute approximate surface area is 91.4 Å². The zero-order chi connectivity index (χ0) is 11.3. The summed E-state index contributed by atoms with van der Waals surface area (Å²) >= 11 is 0. The van der Waals surface area contributed by atoms with E-state index in [1.54, 1.807) is 0 Å². The molecule has 2 rings (SSSR count). The Morgan fingerprint density at radius 1 is 1.40 bits per heavy atom. The summed E-state index contributed by atoms with van der Waals surface area (Å²) in [4.78, 5) is 0. The molecule has 4 nitrogen and oxygen atoms in total. The van der Waals surface area contributed by atoms with Gasteiger partial charge in [-0.3, -0.25) is 5.84 Å². The van der Waals surface area contributed by atoms with Crippen molar-refractivity contribution in [2.75, 3.05) is 7.05 Å². The quantitative estimate of drug-likeness (QED) is 0.478. The van der Waals surface area contributed by atoms with E-state index in [1.165, 1.54) is 11.1 Å². The molecule has 4 N–H and O–H groups in total. The van der Waals surface area contributed by atoms with E-state index >= 15 is 0 Å². The van der Waals surface area contributed by atoms with E-state index in [2.05, 4.69) is 23.0 Å². The number of nitrogens with two attached hydrogens (primary N) is 1. The van der Waals surface area contributed by atoms with Gasteiger partial charge in [-0.25, -0.2) is 15.9 Å². The fourth-order valence-corrected chi connectivity index (χ4v) is 1.68. The number of hydrogen-bond donors (Lipinski definition) is 3. The molecule has 0 saturated heterocycles. The third kappa shape index (κ3) is 2.76. The highest BCUT2D eigenvalue weighted by Gasteiger charge is 2.20. The number of hydrogen-bond acceptors (Lipinski definition) is 4. The van der Waals surface area contributed by atoms with Crippen LogP contribution in [0.3, 0.4) is 0 Å². The van der Waals surface area contributed by atoms with Gasteiger partial charge in [-0.15, -0.1) is 0 Å². The number of hydrazine groups is 2. The van der Waals surface area contributed by atoms with Crippen molar-refractivity contribution in [1.29, 1.82) is 0 Å². The van der Waals surface area contributed by atoms with Crippen molar-refractivity contribution in [2.45, 2.75) is 26.6 Å². The first-order chi connectivity index (χ1) is 7.31. The van der Waals surface area contributed by atoms with E-state index in [-0.39, 0.29) is 6.17 Å². The van der Waals surface area contributed by atoms with Crippen LogP contribution in [-0.4, -0.2) is 12.1 Å². The summed E-state index contributed by atoms with van der Waals surface area (Å²) in [5.74, 6) is 5.44. The van der Waals surface area contributed by atoms with Crippen molar-refractivity contribution in [1.82, 2.24) is 15.9 Å². The van der Waals surface area contributed by atoms with Crippen LogP contribution in [0.4, 0.5) is 0 Å². The maximum Gasteiger partial charge on any atom is 0.109 e. The summed E-state index contributed by atoms with van der Waals surface area (Å²) in [5, 5.41) is 2.02. The van der Waals surface area contributed by atoms with Crippen LogP contribution in [0.25, 0.3) is 0 Å². The molecule has 0 aromatic heterocycles. The second kappa shape index (κ2) is 5.82. The monoisotopic (exact) mass is 208 g/mol. The molecule has 4 heteroatoms. The van der Waals surface area contributed by atoms with E-state index in [0.717, 1.165) is 6.54 Å². The Morgan fingerprint density at radius 2 is 2.07 bits per heavy atom. The number of benzene rings is 1. The molecule has 0 amide bonds. The van der Waals surface area contributed by atoms with Crippen molar-refractivity contribution in [3.63, 3.8) is 0 Å². The van der Waals surface area contributed by atoms with Crippen molar-refractivity contribution in [3.8, 4) is 0 Å². The molecule has 0 fully saturated rings. The minimum atomic E-state index is 0.0231. The van der Waals surface area contributed by atoms with Gasteiger partial charge in [0.25, 0.3) is 0 Å². The van der Waals surface area contributed by atoms with Crippen LogP contribution in [0.1, 0.15) is 31.1 Å². The van der Waals surface area contributed by atoms with Gasteiger partial charge in [0.2, 0.25) is 0 Å². The minimum absolute atomic E-state index is 0.0231. The van der Waals surface area contributed by atoms with Gasteiger partial charge in [0.15, 0.2) is 0 Å². The fourth-order valence-electron chi connectivity index (χ4n) is 1.68. The van der Waals surface area contributed by atoms with Gasteiger partial charge in [0.05, 0.1) is 0 Å². The van der Waals surface area contributed by atoms with Crippen molar-refractivity contribution < 1.29 is 0 Å². The number of rotatable bonds is 1. The molecule has 15 heavy (non-hydrogen) atoms. The summed E-state index contributed by atoms with van der Waals surface area (Å²) in [6.45, 7) is 4.91. The fraction of sp³-hybridized carbons (Fsp3) is 0.455. The first kappa shape index (κ1) is 12.1. The lowest BCUT2D eigenvalue weighted by atomic mass is 10.0. The molecule has 1 heterocycles. The molecular weight excluding hydrogens is 188 g/mol. The second-order valence-electron chi connectivity index (χ2n) is 3.28. The molecule has 0 radical (unpaired) electrons. The smallest absolute Gasteiger partial charge is 0.109 e. The highest BCUT2D eigenvalue weighted by molar-refractivity contribution is 5.30. The van der Waals surface area contributed by atoms with Gasteiger partial charge in [-0.2, -0.15) is 0 Å². The lowest BCUT2D eigenvalue weighted by Crippen LogP contribution is -2.49. The molecule has 0 bridgehead atoms. The average Bonchev–Trinajstić information content (AvgIpc) is 2.30. The highest BCUT2D eigenvalue weighted by Crippen LogP contribution is 2.20. The summed E-state index contributed by atoms with van der Waals surface area (Å²) in [5.41, 5.74) is 8.49. The van der Waals surface area contributed by atoms with Gasteiger partial charge < -0.3 is 0 Å². The van der Waals surface area contributed by atoms with Crippen LogP contribution in [0.15, 0.2) is 24.3 Å². The van der Waals surface area contributed by atoms with Gasteiger partial charge in [0.1, 0.15) is 6.17 Å². The van der Waals surface area contributed by atoms with Crippen molar-refractivity contribution in [3.05, 3.63) is 35.4 Å². The Morgan fingerprint density at radius 3 is 2.73 bits per heavy atom. The summed E-state index contributed by atoms with van der Waals surface area (Å²) in [6, 6.07) is 8.28. The van der Waals surface area contributed by atoms with Gasteiger partial charge in [-0.05, 0) is 11.1 Å². The molecule has 0 spiro atoms. The Bertz CT molecular complexity index is 300. The largest absolute Gasteiger partial charge is 0.270 e. The first-order valence-corrected chi connectivity index (χ1v) is 5.32. The highest BCUT2D eigenvalue weighted by atomic mass is 15.6. The Kier molecular flexibility index (Phi) is 4.71. The molecular formula is C11H20N4. The van der Waals surface area contributed by atoms with Crippen LogP contribution < -0.4 is 16.7 Å². The Balaban J connectivity index is 0.000000531. The molecule has 1 aliphatic rings. The topological polar surface area (TPSA) is 53.3 Å². The predicted octanol–water partition coefficient (Wildman–Crippen LogP) is 1.12. The van der Waals surface area contributed by atoms with Crippen LogP contribution in [0, 0.1) is 0 Å². The summed E-state index contributed by atoms with van der Waals surface area (Å²) < 4.78 is 0. The minimum Gasteiger partial charge on any atom is -0.270 e. The van der Waals surface area contributed by atoms with E-state index in [9.17, 15) is 0 Å². The summed E-state index contributed by atoms with van der Waals surface area (Å²) in [6.07, 6.45) is 0.0231. The lowest BCUT2D eigenvalue weighted by Gasteiger charge is -2.32. The lowest BCUT2D eigenvalue weighted by molar-refractivity contribution is 0.152. The number of nitrogens with zero attached hydrogens (tertiary/aromatic N) is 1. The average molecular weight is 208 g/mol. The zero-order valence-corrected chi connectivity index (χ0v) is 9.62. The molecule has 1 aliphatic heterocycles. The SMILES string of the molecule is CC.CN1Cc2ccccc2C(NN)N1. The van der Waals surface area contributed by atoms with Crippen LogP contribution in [0.5, 0.6) is 0 Å². The molecule has 1 atom stereocenters. The molecule has 0 saturated carbocycles. The zero-order valence-electron chi connectivity index (χ0n) is 9.62. The summed E-state index contributed by atoms with van der Waals surface area (Å²) in [7, 11) is 2.00. The van der Waals surface area contributed by atoms with E-state index in [1.807, 2.05) is 38.0 Å². The van der Waals surface area contributed by atoms with Crippen LogP contribution in [-0.2, 0) is 6.54 Å².